The molecular formula is C10H12NO. The SMILES string of the molecule is [CH]1N[C@@H](Cc2ccccc2)CO1. The first-order valence-corrected chi connectivity index (χ1v) is 4.18. The summed E-state index contributed by atoms with van der Waals surface area (Å²) < 4.78 is 5.09. The van der Waals surface area contributed by atoms with E-state index in [1.807, 2.05) is 6.07 Å². The zero-order valence-corrected chi connectivity index (χ0v) is 6.86. The lowest BCUT2D eigenvalue weighted by Crippen LogP contribution is -2.24. The Morgan fingerprint density at radius 2 is 2.17 bits per heavy atom. The molecule has 1 saturated heterocycles. The van der Waals surface area contributed by atoms with Crippen LogP contribution < -0.4 is 5.32 Å². The Hall–Kier alpha value is -0.860. The van der Waals surface area contributed by atoms with Crippen molar-refractivity contribution in [1.29, 1.82) is 0 Å². The van der Waals surface area contributed by atoms with E-state index < -0.39 is 0 Å². The van der Waals surface area contributed by atoms with Crippen LogP contribution >= 0.6 is 0 Å². The van der Waals surface area contributed by atoms with Crippen LogP contribution in [0.5, 0.6) is 0 Å². The van der Waals surface area contributed by atoms with E-state index in [-0.39, 0.29) is 0 Å². The topological polar surface area (TPSA) is 21.3 Å². The van der Waals surface area contributed by atoms with Crippen LogP contribution in [-0.2, 0) is 11.2 Å². The van der Waals surface area contributed by atoms with Crippen molar-refractivity contribution in [2.45, 2.75) is 12.5 Å². The van der Waals surface area contributed by atoms with Gasteiger partial charge < -0.3 is 4.74 Å². The van der Waals surface area contributed by atoms with Gasteiger partial charge in [-0.25, -0.2) is 0 Å². The van der Waals surface area contributed by atoms with Gasteiger partial charge in [0.25, 0.3) is 0 Å². The number of ether oxygens (including phenoxy) is 1. The second kappa shape index (κ2) is 3.70. The van der Waals surface area contributed by atoms with Crippen molar-refractivity contribution in [3.05, 3.63) is 42.6 Å². The van der Waals surface area contributed by atoms with Crippen molar-refractivity contribution in [1.82, 2.24) is 5.32 Å². The van der Waals surface area contributed by atoms with E-state index in [0.717, 1.165) is 13.0 Å². The maximum atomic E-state index is 5.09. The molecule has 1 aliphatic heterocycles. The summed E-state index contributed by atoms with van der Waals surface area (Å²) in [6, 6.07) is 10.9. The maximum Gasteiger partial charge on any atom is 0.148 e. The quantitative estimate of drug-likeness (QED) is 0.708. The second-order valence-corrected chi connectivity index (χ2v) is 3.00. The van der Waals surface area contributed by atoms with Crippen molar-refractivity contribution in [3.63, 3.8) is 0 Å². The highest BCUT2D eigenvalue weighted by Crippen LogP contribution is 2.07. The third-order valence-corrected chi connectivity index (χ3v) is 2.01. The molecule has 63 valence electrons. The Labute approximate surface area is 72.5 Å². The van der Waals surface area contributed by atoms with Gasteiger partial charge in [0.05, 0.1) is 6.61 Å². The summed E-state index contributed by atoms with van der Waals surface area (Å²) in [4.78, 5) is 0. The Morgan fingerprint density at radius 3 is 2.83 bits per heavy atom. The molecule has 0 saturated carbocycles. The van der Waals surface area contributed by atoms with Gasteiger partial charge in [-0.1, -0.05) is 30.3 Å². The van der Waals surface area contributed by atoms with Crippen LogP contribution in [0, 0.1) is 6.73 Å². The summed E-state index contributed by atoms with van der Waals surface area (Å²) in [5.74, 6) is 0. The summed E-state index contributed by atoms with van der Waals surface area (Å²) in [5, 5.41) is 3.16. The van der Waals surface area contributed by atoms with E-state index in [1.165, 1.54) is 5.56 Å². The van der Waals surface area contributed by atoms with Gasteiger partial charge in [-0.05, 0) is 12.0 Å². The molecule has 1 atom stereocenters. The fraction of sp³-hybridized carbons (Fsp3) is 0.300. The van der Waals surface area contributed by atoms with Gasteiger partial charge in [-0.15, -0.1) is 0 Å². The van der Waals surface area contributed by atoms with Crippen LogP contribution in [0.2, 0.25) is 0 Å². The summed E-state index contributed by atoms with van der Waals surface area (Å²) in [5.41, 5.74) is 1.36. The van der Waals surface area contributed by atoms with Crippen LogP contribution in [0.3, 0.4) is 0 Å². The normalized spacial score (nSPS) is 22.8. The highest BCUT2D eigenvalue weighted by molar-refractivity contribution is 5.16. The molecule has 1 aliphatic rings. The molecule has 0 aliphatic carbocycles. The molecule has 1 aromatic rings. The van der Waals surface area contributed by atoms with Gasteiger partial charge in [-0.3, -0.25) is 5.32 Å². The van der Waals surface area contributed by atoms with Gasteiger partial charge in [0.2, 0.25) is 0 Å². The predicted molar refractivity (Wildman–Crippen MR) is 47.3 cm³/mol. The molecule has 1 aromatic carbocycles. The minimum atomic E-state index is 0.451. The molecule has 2 rings (SSSR count). The van der Waals surface area contributed by atoms with Crippen molar-refractivity contribution in [2.75, 3.05) is 6.61 Å². The van der Waals surface area contributed by atoms with Crippen LogP contribution in [0.25, 0.3) is 0 Å². The van der Waals surface area contributed by atoms with E-state index in [0.29, 0.717) is 6.04 Å². The van der Waals surface area contributed by atoms with Crippen LogP contribution in [-0.4, -0.2) is 12.6 Å². The standard InChI is InChI=1S/C10H12NO/c1-2-4-9(5-3-1)6-10-7-12-8-11-10/h1-5,8,10-11H,6-7H2/t10-/m0/s1. The first-order chi connectivity index (χ1) is 5.95. The molecule has 2 nitrogen and oxygen atoms in total. The third-order valence-electron chi connectivity index (χ3n) is 2.01. The third kappa shape index (κ3) is 1.84. The number of hydrogen-bond donors (Lipinski definition) is 1. The van der Waals surface area contributed by atoms with Crippen LogP contribution in [0.1, 0.15) is 5.56 Å². The van der Waals surface area contributed by atoms with Gasteiger partial charge in [-0.2, -0.15) is 0 Å². The average Bonchev–Trinajstić information content (AvgIpc) is 2.59. The zero-order chi connectivity index (χ0) is 8.23. The van der Waals surface area contributed by atoms with E-state index in [2.05, 4.69) is 29.6 Å². The van der Waals surface area contributed by atoms with E-state index in [9.17, 15) is 0 Å². The summed E-state index contributed by atoms with van der Waals surface area (Å²) in [6.07, 6.45) is 1.04. The van der Waals surface area contributed by atoms with Crippen molar-refractivity contribution in [2.24, 2.45) is 0 Å². The average molecular weight is 162 g/mol. The molecule has 2 heteroatoms. The number of benzene rings is 1. The highest BCUT2D eigenvalue weighted by atomic mass is 16.5. The Morgan fingerprint density at radius 1 is 1.33 bits per heavy atom. The molecule has 1 fully saturated rings. The fourth-order valence-electron chi connectivity index (χ4n) is 1.37. The van der Waals surface area contributed by atoms with Crippen LogP contribution in [0.4, 0.5) is 0 Å². The van der Waals surface area contributed by atoms with Crippen molar-refractivity contribution in [3.8, 4) is 0 Å². The van der Waals surface area contributed by atoms with Gasteiger partial charge in [0.1, 0.15) is 6.73 Å². The zero-order valence-electron chi connectivity index (χ0n) is 6.86. The van der Waals surface area contributed by atoms with Gasteiger partial charge in [0, 0.05) is 6.04 Å². The molecule has 0 unspecified atom stereocenters. The second-order valence-electron chi connectivity index (χ2n) is 3.00. The van der Waals surface area contributed by atoms with Crippen molar-refractivity contribution >= 4 is 0 Å². The fourth-order valence-corrected chi connectivity index (χ4v) is 1.37. The van der Waals surface area contributed by atoms with Crippen LogP contribution in [0.15, 0.2) is 30.3 Å². The smallest absolute Gasteiger partial charge is 0.148 e. The molecular weight excluding hydrogens is 150 g/mol. The Kier molecular flexibility index (Phi) is 2.39. The lowest BCUT2D eigenvalue weighted by molar-refractivity contribution is 0.245. The van der Waals surface area contributed by atoms with Gasteiger partial charge in [0.15, 0.2) is 0 Å². The number of rotatable bonds is 2. The predicted octanol–water partition coefficient (Wildman–Crippen LogP) is 1.34. The lowest BCUT2D eigenvalue weighted by Gasteiger charge is -2.06. The van der Waals surface area contributed by atoms with E-state index in [4.69, 9.17) is 4.74 Å². The lowest BCUT2D eigenvalue weighted by atomic mass is 10.1. The molecule has 1 N–H and O–H groups in total. The molecule has 0 amide bonds. The Balaban J connectivity index is 1.94. The van der Waals surface area contributed by atoms with E-state index in [1.54, 1.807) is 6.73 Å². The molecule has 0 bridgehead atoms. The number of nitrogens with one attached hydrogen (secondary N) is 1. The minimum Gasteiger partial charge on any atom is -0.357 e. The Bertz CT molecular complexity index is 229. The first kappa shape index (κ1) is 7.77. The molecule has 0 aromatic heterocycles. The highest BCUT2D eigenvalue weighted by Gasteiger charge is 2.14. The van der Waals surface area contributed by atoms with Gasteiger partial charge >= 0.3 is 0 Å². The molecule has 1 heterocycles. The van der Waals surface area contributed by atoms with E-state index >= 15 is 0 Å². The molecule has 12 heavy (non-hydrogen) atoms. The van der Waals surface area contributed by atoms with Crippen molar-refractivity contribution < 1.29 is 4.74 Å². The monoisotopic (exact) mass is 162 g/mol. The maximum absolute atomic E-state index is 5.09. The first-order valence-electron chi connectivity index (χ1n) is 4.18. The number of hydrogen-bond acceptors (Lipinski definition) is 2. The minimum absolute atomic E-state index is 0.451. The summed E-state index contributed by atoms with van der Waals surface area (Å²) in [7, 11) is 0. The summed E-state index contributed by atoms with van der Waals surface area (Å²) in [6.45, 7) is 2.46. The molecule has 0 spiro atoms. The molecule has 1 radical (unpaired) electrons. The largest absolute Gasteiger partial charge is 0.357 e. The summed E-state index contributed by atoms with van der Waals surface area (Å²) >= 11 is 0.